The van der Waals surface area contributed by atoms with E-state index in [2.05, 4.69) is 4.90 Å². The van der Waals surface area contributed by atoms with E-state index in [0.29, 0.717) is 6.54 Å². The van der Waals surface area contributed by atoms with Gasteiger partial charge in [0.05, 0.1) is 6.54 Å². The molecule has 0 aliphatic heterocycles. The number of carbonyl (C=O) groups is 1. The zero-order valence-corrected chi connectivity index (χ0v) is 10.1. The number of rotatable bonds is 5. The molecule has 0 radical (unpaired) electrons. The summed E-state index contributed by atoms with van der Waals surface area (Å²) in [5, 5.41) is 0. The van der Waals surface area contributed by atoms with E-state index in [1.165, 1.54) is 12.8 Å². The van der Waals surface area contributed by atoms with E-state index >= 15 is 0 Å². The summed E-state index contributed by atoms with van der Waals surface area (Å²) in [6.45, 7) is 3.63. The molecule has 1 aromatic carbocycles. The Morgan fingerprint density at radius 2 is 2.19 bits per heavy atom. The maximum atomic E-state index is 12.0. The fraction of sp³-hybridized carbons (Fsp3) is 0.500. The Labute approximate surface area is 97.3 Å². The van der Waals surface area contributed by atoms with Crippen LogP contribution in [0.5, 0.6) is 0 Å². The minimum absolute atomic E-state index is 0.229. The molecule has 1 saturated carbocycles. The molecule has 2 heteroatoms. The standard InChI is InChI=1S/C14H19NO/c1-11-4-3-5-13(8-11)14(16)10-15(2)9-12-6-7-12/h3-5,8,12H,6-7,9-10H2,1-2H3. The fourth-order valence-corrected chi connectivity index (χ4v) is 1.96. The predicted molar refractivity (Wildman–Crippen MR) is 65.7 cm³/mol. The first-order chi connectivity index (χ1) is 7.65. The molecule has 1 aliphatic carbocycles. The molecule has 86 valence electrons. The molecule has 0 aromatic heterocycles. The van der Waals surface area contributed by atoms with Crippen molar-refractivity contribution in [3.8, 4) is 0 Å². The van der Waals surface area contributed by atoms with Crippen molar-refractivity contribution in [1.29, 1.82) is 0 Å². The van der Waals surface area contributed by atoms with Gasteiger partial charge >= 0.3 is 0 Å². The van der Waals surface area contributed by atoms with E-state index in [-0.39, 0.29) is 5.78 Å². The Balaban J connectivity index is 1.91. The average Bonchev–Trinajstić information content (AvgIpc) is 3.01. The first kappa shape index (κ1) is 11.3. The van der Waals surface area contributed by atoms with Crippen molar-refractivity contribution in [3.05, 3.63) is 35.4 Å². The lowest BCUT2D eigenvalue weighted by Gasteiger charge is -2.15. The lowest BCUT2D eigenvalue weighted by Crippen LogP contribution is -2.27. The van der Waals surface area contributed by atoms with Gasteiger partial charge in [0.25, 0.3) is 0 Å². The van der Waals surface area contributed by atoms with Crippen LogP contribution in [0.15, 0.2) is 24.3 Å². The van der Waals surface area contributed by atoms with Crippen LogP contribution in [0.4, 0.5) is 0 Å². The third-order valence-corrected chi connectivity index (χ3v) is 3.02. The number of nitrogens with zero attached hydrogens (tertiary/aromatic N) is 1. The molecule has 16 heavy (non-hydrogen) atoms. The van der Waals surface area contributed by atoms with Gasteiger partial charge in [-0.1, -0.05) is 23.8 Å². The second kappa shape index (κ2) is 4.79. The SMILES string of the molecule is Cc1cccc(C(=O)CN(C)CC2CC2)c1. The van der Waals surface area contributed by atoms with Gasteiger partial charge in [-0.25, -0.2) is 0 Å². The number of Topliss-reactive ketones (excluding diaryl/α,β-unsaturated/α-hetero) is 1. The summed E-state index contributed by atoms with van der Waals surface area (Å²) < 4.78 is 0. The molecular formula is C14H19NO. The smallest absolute Gasteiger partial charge is 0.176 e. The number of aryl methyl sites for hydroxylation is 1. The molecule has 0 heterocycles. The molecular weight excluding hydrogens is 198 g/mol. The van der Waals surface area contributed by atoms with Crippen LogP contribution in [0.2, 0.25) is 0 Å². The van der Waals surface area contributed by atoms with E-state index < -0.39 is 0 Å². The molecule has 1 aliphatic rings. The van der Waals surface area contributed by atoms with Crippen LogP contribution in [-0.2, 0) is 0 Å². The highest BCUT2D eigenvalue weighted by Gasteiger charge is 2.23. The number of benzene rings is 1. The van der Waals surface area contributed by atoms with Gasteiger partial charge in [0.2, 0.25) is 0 Å². The van der Waals surface area contributed by atoms with Crippen LogP contribution in [0.25, 0.3) is 0 Å². The number of carbonyl (C=O) groups excluding carboxylic acids is 1. The van der Waals surface area contributed by atoms with Crippen LogP contribution >= 0.6 is 0 Å². The van der Waals surface area contributed by atoms with Gasteiger partial charge < -0.3 is 0 Å². The Hall–Kier alpha value is -1.15. The van der Waals surface area contributed by atoms with E-state index in [0.717, 1.165) is 23.6 Å². The molecule has 0 atom stereocenters. The van der Waals surface area contributed by atoms with Gasteiger partial charge in [0.15, 0.2) is 5.78 Å². The summed E-state index contributed by atoms with van der Waals surface area (Å²) in [5.41, 5.74) is 1.98. The summed E-state index contributed by atoms with van der Waals surface area (Å²) in [7, 11) is 2.03. The number of hydrogen-bond donors (Lipinski definition) is 0. The zero-order chi connectivity index (χ0) is 11.5. The number of hydrogen-bond acceptors (Lipinski definition) is 2. The molecule has 0 amide bonds. The van der Waals surface area contributed by atoms with Crippen molar-refractivity contribution >= 4 is 5.78 Å². The third-order valence-electron chi connectivity index (χ3n) is 3.02. The lowest BCUT2D eigenvalue weighted by atomic mass is 10.1. The van der Waals surface area contributed by atoms with Crippen LogP contribution in [0.3, 0.4) is 0 Å². The third kappa shape index (κ3) is 3.17. The summed E-state index contributed by atoms with van der Waals surface area (Å²) in [6, 6.07) is 7.84. The quantitative estimate of drug-likeness (QED) is 0.706. The van der Waals surface area contributed by atoms with E-state index in [9.17, 15) is 4.79 Å². The average molecular weight is 217 g/mol. The molecule has 1 aromatic rings. The maximum Gasteiger partial charge on any atom is 0.176 e. The normalized spacial score (nSPS) is 15.4. The molecule has 0 bridgehead atoms. The Bertz CT molecular complexity index is 382. The lowest BCUT2D eigenvalue weighted by molar-refractivity contribution is 0.0944. The van der Waals surface area contributed by atoms with Gasteiger partial charge in [0.1, 0.15) is 0 Å². The molecule has 0 spiro atoms. The molecule has 0 unspecified atom stereocenters. The molecule has 1 fully saturated rings. The Morgan fingerprint density at radius 1 is 1.44 bits per heavy atom. The van der Waals surface area contributed by atoms with Gasteiger partial charge in [-0.2, -0.15) is 0 Å². The predicted octanol–water partition coefficient (Wildman–Crippen LogP) is 2.52. The van der Waals surface area contributed by atoms with Gasteiger partial charge in [-0.15, -0.1) is 0 Å². The first-order valence-electron chi connectivity index (χ1n) is 5.93. The highest BCUT2D eigenvalue weighted by atomic mass is 16.1. The first-order valence-corrected chi connectivity index (χ1v) is 5.93. The monoisotopic (exact) mass is 217 g/mol. The van der Waals surface area contributed by atoms with Crippen molar-refractivity contribution < 1.29 is 4.79 Å². The topological polar surface area (TPSA) is 20.3 Å². The van der Waals surface area contributed by atoms with Crippen molar-refractivity contribution in [2.45, 2.75) is 19.8 Å². The Morgan fingerprint density at radius 3 is 2.81 bits per heavy atom. The summed E-state index contributed by atoms with van der Waals surface area (Å²) in [6.07, 6.45) is 2.67. The van der Waals surface area contributed by atoms with Crippen molar-refractivity contribution in [2.24, 2.45) is 5.92 Å². The van der Waals surface area contributed by atoms with Gasteiger partial charge in [0, 0.05) is 12.1 Å². The van der Waals surface area contributed by atoms with Gasteiger partial charge in [-0.05, 0) is 38.8 Å². The zero-order valence-electron chi connectivity index (χ0n) is 10.1. The molecule has 0 saturated heterocycles. The number of likely N-dealkylation sites (N-methyl/N-ethyl adjacent to an activating group) is 1. The number of ketones is 1. The fourth-order valence-electron chi connectivity index (χ4n) is 1.96. The van der Waals surface area contributed by atoms with E-state index in [1.807, 2.05) is 38.2 Å². The van der Waals surface area contributed by atoms with E-state index in [1.54, 1.807) is 0 Å². The van der Waals surface area contributed by atoms with Crippen LogP contribution in [0, 0.1) is 12.8 Å². The second-order valence-electron chi connectivity index (χ2n) is 4.93. The maximum absolute atomic E-state index is 12.0. The highest BCUT2D eigenvalue weighted by Crippen LogP contribution is 2.29. The second-order valence-corrected chi connectivity index (χ2v) is 4.93. The molecule has 2 nitrogen and oxygen atoms in total. The van der Waals surface area contributed by atoms with Crippen molar-refractivity contribution in [3.63, 3.8) is 0 Å². The Kier molecular flexibility index (Phi) is 3.39. The van der Waals surface area contributed by atoms with Gasteiger partial charge in [-0.3, -0.25) is 9.69 Å². The van der Waals surface area contributed by atoms with Crippen molar-refractivity contribution in [2.75, 3.05) is 20.1 Å². The summed E-state index contributed by atoms with van der Waals surface area (Å²) in [5.74, 6) is 1.07. The van der Waals surface area contributed by atoms with E-state index in [4.69, 9.17) is 0 Å². The largest absolute Gasteiger partial charge is 0.299 e. The summed E-state index contributed by atoms with van der Waals surface area (Å²) in [4.78, 5) is 14.1. The van der Waals surface area contributed by atoms with Crippen LogP contribution in [-0.4, -0.2) is 30.8 Å². The van der Waals surface area contributed by atoms with Crippen molar-refractivity contribution in [1.82, 2.24) is 4.90 Å². The highest BCUT2D eigenvalue weighted by molar-refractivity contribution is 5.97. The van der Waals surface area contributed by atoms with Crippen LogP contribution < -0.4 is 0 Å². The minimum atomic E-state index is 0.229. The van der Waals surface area contributed by atoms with Crippen LogP contribution in [0.1, 0.15) is 28.8 Å². The minimum Gasteiger partial charge on any atom is -0.299 e. The molecule has 2 rings (SSSR count). The summed E-state index contributed by atoms with van der Waals surface area (Å²) >= 11 is 0. The molecule has 0 N–H and O–H groups in total.